The van der Waals surface area contributed by atoms with Crippen LogP contribution in [-0.2, 0) is 28.9 Å². The van der Waals surface area contributed by atoms with E-state index in [1.165, 1.54) is 19.3 Å². The summed E-state index contributed by atoms with van der Waals surface area (Å²) >= 11 is 0. The first-order valence-electron chi connectivity index (χ1n) is 10.8. The van der Waals surface area contributed by atoms with Gasteiger partial charge in [0.05, 0.1) is 6.10 Å². The number of aromatic nitrogens is 3. The van der Waals surface area contributed by atoms with E-state index in [9.17, 15) is 0 Å². The predicted octanol–water partition coefficient (Wildman–Crippen LogP) is 1.64. The summed E-state index contributed by atoms with van der Waals surface area (Å²) in [4.78, 5) is 6.81. The van der Waals surface area contributed by atoms with E-state index in [0.717, 1.165) is 89.1 Å². The zero-order valence-electron chi connectivity index (χ0n) is 17.5. The van der Waals surface area contributed by atoms with Crippen LogP contribution < -0.4 is 5.32 Å². The molecule has 0 bridgehead atoms. The molecule has 28 heavy (non-hydrogen) atoms. The van der Waals surface area contributed by atoms with Crippen LogP contribution in [-0.4, -0.2) is 78.7 Å². The predicted molar refractivity (Wildman–Crippen MR) is 110 cm³/mol. The van der Waals surface area contributed by atoms with Crippen LogP contribution in [0, 0.1) is 0 Å². The lowest BCUT2D eigenvalue weighted by Crippen LogP contribution is -2.47. The summed E-state index contributed by atoms with van der Waals surface area (Å²) in [6.07, 6.45) is 9.11. The van der Waals surface area contributed by atoms with Crippen molar-refractivity contribution in [2.75, 3.05) is 47.0 Å². The Morgan fingerprint density at radius 2 is 2.00 bits per heavy atom. The van der Waals surface area contributed by atoms with E-state index in [-0.39, 0.29) is 0 Å². The van der Waals surface area contributed by atoms with Crippen LogP contribution in [0.1, 0.15) is 50.2 Å². The van der Waals surface area contributed by atoms with Gasteiger partial charge in [-0.2, -0.15) is 0 Å². The van der Waals surface area contributed by atoms with Crippen molar-refractivity contribution < 1.29 is 9.47 Å². The second-order valence-corrected chi connectivity index (χ2v) is 7.62. The molecule has 0 aliphatic carbocycles. The number of fused-ring (bicyclic) bond motifs is 1. The fourth-order valence-corrected chi connectivity index (χ4v) is 4.04. The number of hydrogen-bond acceptors (Lipinski definition) is 5. The van der Waals surface area contributed by atoms with Crippen molar-refractivity contribution >= 4 is 5.96 Å². The Hall–Kier alpha value is -1.67. The van der Waals surface area contributed by atoms with E-state index < -0.39 is 0 Å². The third kappa shape index (κ3) is 5.91. The van der Waals surface area contributed by atoms with Gasteiger partial charge in [0, 0.05) is 66.4 Å². The van der Waals surface area contributed by atoms with Gasteiger partial charge in [0.15, 0.2) is 5.96 Å². The normalized spacial score (nSPS) is 18.8. The van der Waals surface area contributed by atoms with Crippen LogP contribution in [0.4, 0.5) is 0 Å². The van der Waals surface area contributed by atoms with Gasteiger partial charge >= 0.3 is 0 Å². The zero-order chi connectivity index (χ0) is 19.6. The van der Waals surface area contributed by atoms with Gasteiger partial charge in [-0.3, -0.25) is 4.99 Å². The van der Waals surface area contributed by atoms with Crippen molar-refractivity contribution in [3.05, 3.63) is 11.6 Å². The minimum atomic E-state index is 0.359. The van der Waals surface area contributed by atoms with E-state index in [4.69, 9.17) is 9.47 Å². The molecular weight excluding hydrogens is 356 g/mol. The Morgan fingerprint density at radius 3 is 2.79 bits per heavy atom. The van der Waals surface area contributed by atoms with Crippen molar-refractivity contribution in [1.29, 1.82) is 0 Å². The number of nitrogens with zero attached hydrogens (tertiary/aromatic N) is 5. The molecule has 2 aliphatic heterocycles. The van der Waals surface area contributed by atoms with E-state index in [1.807, 2.05) is 7.05 Å². The number of methoxy groups -OCH3 is 1. The minimum Gasteiger partial charge on any atom is -0.385 e. The van der Waals surface area contributed by atoms with E-state index >= 15 is 0 Å². The Bertz CT molecular complexity index is 610. The molecule has 8 heteroatoms. The molecule has 0 amide bonds. The van der Waals surface area contributed by atoms with Gasteiger partial charge in [-0.1, -0.05) is 6.42 Å². The maximum Gasteiger partial charge on any atom is 0.193 e. The van der Waals surface area contributed by atoms with Gasteiger partial charge in [0.25, 0.3) is 0 Å². The number of hydrogen-bond donors (Lipinski definition) is 1. The fourth-order valence-electron chi connectivity index (χ4n) is 4.04. The number of nitrogens with one attached hydrogen (secondary N) is 1. The monoisotopic (exact) mass is 392 g/mol. The van der Waals surface area contributed by atoms with Crippen LogP contribution in [0.3, 0.4) is 0 Å². The van der Waals surface area contributed by atoms with Gasteiger partial charge < -0.3 is 24.3 Å². The first-order valence-corrected chi connectivity index (χ1v) is 10.8. The van der Waals surface area contributed by atoms with Crippen molar-refractivity contribution in [1.82, 2.24) is 25.0 Å². The number of aryl methyl sites for hydroxylation is 1. The standard InChI is InChI=1S/C20H36N6O2/c1-21-20(25-13-9-17(10-14-25)28-16-6-15-27-2)22-11-8-19-24-23-18-7-4-3-5-12-26(18)19/h17H,3-16H2,1-2H3,(H,21,22). The Morgan fingerprint density at radius 1 is 1.14 bits per heavy atom. The lowest BCUT2D eigenvalue weighted by Gasteiger charge is -2.34. The first kappa shape index (κ1) is 21.0. The Balaban J connectivity index is 1.39. The lowest BCUT2D eigenvalue weighted by molar-refractivity contribution is 0.00991. The molecule has 3 heterocycles. The molecule has 0 aromatic carbocycles. The first-order chi connectivity index (χ1) is 13.8. The van der Waals surface area contributed by atoms with Gasteiger partial charge in [0.1, 0.15) is 11.6 Å². The number of likely N-dealkylation sites (tertiary alicyclic amines) is 1. The molecule has 0 saturated carbocycles. The molecule has 1 aromatic rings. The Labute approximate surface area is 168 Å². The third-order valence-electron chi connectivity index (χ3n) is 5.62. The number of rotatable bonds is 8. The molecule has 0 spiro atoms. The largest absolute Gasteiger partial charge is 0.385 e. The molecule has 8 nitrogen and oxygen atoms in total. The second kappa shape index (κ2) is 11.4. The van der Waals surface area contributed by atoms with Gasteiger partial charge in [-0.05, 0) is 32.1 Å². The van der Waals surface area contributed by atoms with Gasteiger partial charge in [-0.25, -0.2) is 0 Å². The summed E-state index contributed by atoms with van der Waals surface area (Å²) in [5.74, 6) is 3.24. The number of aliphatic imine (C=N–C) groups is 1. The molecule has 1 aromatic heterocycles. The highest BCUT2D eigenvalue weighted by Crippen LogP contribution is 2.15. The van der Waals surface area contributed by atoms with Crippen molar-refractivity contribution in [3.8, 4) is 0 Å². The topological polar surface area (TPSA) is 76.8 Å². The molecular formula is C20H36N6O2. The molecule has 158 valence electrons. The van der Waals surface area contributed by atoms with Crippen LogP contribution >= 0.6 is 0 Å². The van der Waals surface area contributed by atoms with E-state index in [1.54, 1.807) is 7.11 Å². The molecule has 1 N–H and O–H groups in total. The van der Waals surface area contributed by atoms with E-state index in [0.29, 0.717) is 6.10 Å². The lowest BCUT2D eigenvalue weighted by atomic mass is 10.1. The molecule has 2 aliphatic rings. The SMILES string of the molecule is CN=C(NCCc1nnc2n1CCCCC2)N1CCC(OCCCOC)CC1. The highest BCUT2D eigenvalue weighted by atomic mass is 16.5. The van der Waals surface area contributed by atoms with Crippen LogP contribution in [0.2, 0.25) is 0 Å². The average Bonchev–Trinajstić information content (AvgIpc) is 2.95. The van der Waals surface area contributed by atoms with Crippen molar-refractivity contribution in [2.45, 2.75) is 64.0 Å². The number of guanidine groups is 1. The van der Waals surface area contributed by atoms with Crippen LogP contribution in [0.5, 0.6) is 0 Å². The maximum atomic E-state index is 5.95. The summed E-state index contributed by atoms with van der Waals surface area (Å²) in [5.41, 5.74) is 0. The molecule has 0 atom stereocenters. The molecule has 1 fully saturated rings. The smallest absolute Gasteiger partial charge is 0.193 e. The van der Waals surface area contributed by atoms with Gasteiger partial charge in [0.2, 0.25) is 0 Å². The van der Waals surface area contributed by atoms with E-state index in [2.05, 4.69) is 30.0 Å². The zero-order valence-corrected chi connectivity index (χ0v) is 17.5. The summed E-state index contributed by atoms with van der Waals surface area (Å²) in [7, 11) is 3.59. The third-order valence-corrected chi connectivity index (χ3v) is 5.62. The van der Waals surface area contributed by atoms with Crippen LogP contribution in [0.15, 0.2) is 4.99 Å². The van der Waals surface area contributed by atoms with Gasteiger partial charge in [-0.15, -0.1) is 10.2 Å². The molecule has 0 unspecified atom stereocenters. The Kier molecular flexibility index (Phi) is 8.54. The minimum absolute atomic E-state index is 0.359. The van der Waals surface area contributed by atoms with Crippen molar-refractivity contribution in [3.63, 3.8) is 0 Å². The highest BCUT2D eigenvalue weighted by Gasteiger charge is 2.22. The second-order valence-electron chi connectivity index (χ2n) is 7.62. The summed E-state index contributed by atoms with van der Waals surface area (Å²) in [6, 6.07) is 0. The number of piperidine rings is 1. The quantitative estimate of drug-likeness (QED) is 0.412. The summed E-state index contributed by atoms with van der Waals surface area (Å²) in [5, 5.41) is 12.3. The summed E-state index contributed by atoms with van der Waals surface area (Å²) < 4.78 is 13.4. The average molecular weight is 393 g/mol. The fraction of sp³-hybridized carbons (Fsp3) is 0.850. The molecule has 0 radical (unpaired) electrons. The molecule has 3 rings (SSSR count). The molecule has 1 saturated heterocycles. The van der Waals surface area contributed by atoms with Crippen LogP contribution in [0.25, 0.3) is 0 Å². The summed E-state index contributed by atoms with van der Waals surface area (Å²) in [6.45, 7) is 5.41. The maximum absolute atomic E-state index is 5.95. The highest BCUT2D eigenvalue weighted by molar-refractivity contribution is 5.79. The van der Waals surface area contributed by atoms with Crippen molar-refractivity contribution in [2.24, 2.45) is 4.99 Å². The number of ether oxygens (including phenoxy) is 2.